The molecule has 1 aliphatic rings. The Hall–Kier alpha value is -2.74. The Balaban J connectivity index is 1.94. The van der Waals surface area contributed by atoms with Crippen LogP contribution in [0.3, 0.4) is 0 Å². The Morgan fingerprint density at radius 1 is 1.08 bits per heavy atom. The number of morpholine rings is 1. The van der Waals surface area contributed by atoms with Gasteiger partial charge in [-0.2, -0.15) is 4.98 Å². The van der Waals surface area contributed by atoms with Crippen molar-refractivity contribution in [3.8, 4) is 11.3 Å². The van der Waals surface area contributed by atoms with Crippen molar-refractivity contribution in [1.29, 1.82) is 0 Å². The van der Waals surface area contributed by atoms with Gasteiger partial charge < -0.3 is 9.64 Å². The van der Waals surface area contributed by atoms with Crippen molar-refractivity contribution in [3.05, 3.63) is 41.7 Å². The van der Waals surface area contributed by atoms with E-state index < -0.39 is 11.6 Å². The largest absolute Gasteiger partial charge is 0.378 e. The van der Waals surface area contributed by atoms with Gasteiger partial charge in [0.25, 0.3) is 0 Å². The predicted octanol–water partition coefficient (Wildman–Crippen LogP) is 2.51. The highest BCUT2D eigenvalue weighted by molar-refractivity contribution is 5.88. The van der Waals surface area contributed by atoms with E-state index in [1.807, 2.05) is 4.90 Å². The van der Waals surface area contributed by atoms with E-state index in [2.05, 4.69) is 19.9 Å². The summed E-state index contributed by atoms with van der Waals surface area (Å²) in [5.41, 5.74) is 1.94. The van der Waals surface area contributed by atoms with E-state index in [-0.39, 0.29) is 5.56 Å². The summed E-state index contributed by atoms with van der Waals surface area (Å²) in [5.74, 6) is -0.903. The van der Waals surface area contributed by atoms with Crippen molar-refractivity contribution in [3.63, 3.8) is 0 Å². The number of anilines is 1. The molecule has 0 aliphatic carbocycles. The maximum Gasteiger partial charge on any atom is 0.228 e. The van der Waals surface area contributed by atoms with E-state index in [9.17, 15) is 8.78 Å². The Kier molecular flexibility index (Phi) is 3.96. The second kappa shape index (κ2) is 6.29. The molecule has 25 heavy (non-hydrogen) atoms. The second-order valence-corrected chi connectivity index (χ2v) is 5.78. The lowest BCUT2D eigenvalue weighted by Gasteiger charge is -2.27. The number of ether oxygens (including phenoxy) is 1. The average Bonchev–Trinajstić information content (AvgIpc) is 2.61. The van der Waals surface area contributed by atoms with Crippen LogP contribution in [-0.4, -0.2) is 46.2 Å². The van der Waals surface area contributed by atoms with Crippen LogP contribution in [0, 0.1) is 18.6 Å². The molecule has 0 radical (unpaired) electrons. The number of hydrogen-bond acceptors (Lipinski definition) is 6. The van der Waals surface area contributed by atoms with Crippen LogP contribution in [0.4, 0.5) is 14.7 Å². The molecule has 0 amide bonds. The number of aromatic nitrogens is 4. The monoisotopic (exact) mass is 343 g/mol. The maximum absolute atomic E-state index is 14.3. The van der Waals surface area contributed by atoms with E-state index in [0.717, 1.165) is 6.07 Å². The van der Waals surface area contributed by atoms with Crippen molar-refractivity contribution >= 4 is 17.1 Å². The van der Waals surface area contributed by atoms with Gasteiger partial charge in [-0.3, -0.25) is 0 Å². The van der Waals surface area contributed by atoms with Crippen LogP contribution in [-0.2, 0) is 4.74 Å². The molecule has 4 rings (SSSR count). The molecular weight excluding hydrogens is 328 g/mol. The molecule has 3 aromatic rings. The van der Waals surface area contributed by atoms with E-state index >= 15 is 0 Å². The lowest BCUT2D eigenvalue weighted by atomic mass is 10.1. The highest BCUT2D eigenvalue weighted by atomic mass is 19.1. The first-order chi connectivity index (χ1) is 12.1. The third kappa shape index (κ3) is 3.00. The third-order valence-electron chi connectivity index (χ3n) is 4.00. The SMILES string of the molecule is Cc1cnc2c(-c3ccc(F)cc3F)nc(N3CCOCC3)nc2n1. The summed E-state index contributed by atoms with van der Waals surface area (Å²) in [5, 5.41) is 0. The molecular formula is C17H15F2N5O. The highest BCUT2D eigenvalue weighted by Crippen LogP contribution is 2.29. The number of fused-ring (bicyclic) bond motifs is 1. The Bertz CT molecular complexity index is 944. The van der Waals surface area contributed by atoms with Gasteiger partial charge in [0.2, 0.25) is 5.95 Å². The second-order valence-electron chi connectivity index (χ2n) is 5.78. The number of benzene rings is 1. The zero-order chi connectivity index (χ0) is 17.4. The molecule has 3 heterocycles. The molecule has 0 N–H and O–H groups in total. The smallest absolute Gasteiger partial charge is 0.228 e. The van der Waals surface area contributed by atoms with Gasteiger partial charge in [0, 0.05) is 30.9 Å². The minimum Gasteiger partial charge on any atom is -0.378 e. The summed E-state index contributed by atoms with van der Waals surface area (Å²) >= 11 is 0. The van der Waals surface area contributed by atoms with Gasteiger partial charge in [-0.15, -0.1) is 0 Å². The molecule has 0 bridgehead atoms. The molecule has 1 fully saturated rings. The molecule has 6 nitrogen and oxygen atoms in total. The van der Waals surface area contributed by atoms with Gasteiger partial charge in [0.15, 0.2) is 5.65 Å². The molecule has 0 spiro atoms. The van der Waals surface area contributed by atoms with Crippen LogP contribution in [0.2, 0.25) is 0 Å². The quantitative estimate of drug-likeness (QED) is 0.712. The first-order valence-corrected chi connectivity index (χ1v) is 7.91. The van der Waals surface area contributed by atoms with Crippen LogP contribution < -0.4 is 4.90 Å². The Morgan fingerprint density at radius 2 is 1.88 bits per heavy atom. The number of aryl methyl sites for hydroxylation is 1. The van der Waals surface area contributed by atoms with Crippen LogP contribution >= 0.6 is 0 Å². The van der Waals surface area contributed by atoms with Gasteiger partial charge in [-0.1, -0.05) is 0 Å². The highest BCUT2D eigenvalue weighted by Gasteiger charge is 2.20. The molecule has 128 valence electrons. The fraction of sp³-hybridized carbons (Fsp3) is 0.294. The van der Waals surface area contributed by atoms with Crippen molar-refractivity contribution < 1.29 is 13.5 Å². The van der Waals surface area contributed by atoms with Gasteiger partial charge >= 0.3 is 0 Å². The molecule has 1 saturated heterocycles. The van der Waals surface area contributed by atoms with E-state index in [1.54, 1.807) is 13.1 Å². The van der Waals surface area contributed by atoms with Crippen molar-refractivity contribution in [2.75, 3.05) is 31.2 Å². The maximum atomic E-state index is 14.3. The van der Waals surface area contributed by atoms with Gasteiger partial charge in [0.1, 0.15) is 22.8 Å². The minimum absolute atomic E-state index is 0.168. The number of nitrogens with zero attached hydrogens (tertiary/aromatic N) is 5. The predicted molar refractivity (Wildman–Crippen MR) is 88.2 cm³/mol. The molecule has 1 aliphatic heterocycles. The van der Waals surface area contributed by atoms with Crippen LogP contribution in [0.5, 0.6) is 0 Å². The molecule has 0 saturated carbocycles. The van der Waals surface area contributed by atoms with E-state index in [0.29, 0.717) is 54.8 Å². The third-order valence-corrected chi connectivity index (χ3v) is 4.00. The number of rotatable bonds is 2. The average molecular weight is 343 g/mol. The topological polar surface area (TPSA) is 64.0 Å². The number of hydrogen-bond donors (Lipinski definition) is 0. The Morgan fingerprint density at radius 3 is 2.64 bits per heavy atom. The zero-order valence-corrected chi connectivity index (χ0v) is 13.5. The Labute approximate surface area is 142 Å². The minimum atomic E-state index is -0.699. The first-order valence-electron chi connectivity index (χ1n) is 7.91. The van der Waals surface area contributed by atoms with Gasteiger partial charge in [-0.25, -0.2) is 23.7 Å². The summed E-state index contributed by atoms with van der Waals surface area (Å²) in [6.07, 6.45) is 1.57. The fourth-order valence-corrected chi connectivity index (χ4v) is 2.76. The molecule has 0 unspecified atom stereocenters. The van der Waals surface area contributed by atoms with Crippen LogP contribution in [0.1, 0.15) is 5.69 Å². The normalized spacial score (nSPS) is 14.9. The van der Waals surface area contributed by atoms with Crippen molar-refractivity contribution in [1.82, 2.24) is 19.9 Å². The zero-order valence-electron chi connectivity index (χ0n) is 13.5. The molecule has 2 aromatic heterocycles. The van der Waals surface area contributed by atoms with Crippen molar-refractivity contribution in [2.24, 2.45) is 0 Å². The molecule has 8 heteroatoms. The van der Waals surface area contributed by atoms with E-state index in [1.165, 1.54) is 12.1 Å². The summed E-state index contributed by atoms with van der Waals surface area (Å²) < 4.78 is 33.0. The lowest BCUT2D eigenvalue weighted by molar-refractivity contribution is 0.122. The number of halogens is 2. The summed E-state index contributed by atoms with van der Waals surface area (Å²) in [4.78, 5) is 19.7. The van der Waals surface area contributed by atoms with Gasteiger partial charge in [-0.05, 0) is 19.1 Å². The lowest BCUT2D eigenvalue weighted by Crippen LogP contribution is -2.37. The summed E-state index contributed by atoms with van der Waals surface area (Å²) in [6.45, 7) is 4.22. The summed E-state index contributed by atoms with van der Waals surface area (Å²) in [7, 11) is 0. The fourth-order valence-electron chi connectivity index (χ4n) is 2.76. The van der Waals surface area contributed by atoms with Crippen molar-refractivity contribution in [2.45, 2.75) is 6.92 Å². The standard InChI is InChI=1S/C17H15F2N5O/c1-10-9-20-15-14(12-3-2-11(18)8-13(12)19)22-17(23-16(15)21-10)24-4-6-25-7-5-24/h2-3,8-9H,4-7H2,1H3. The first kappa shape index (κ1) is 15.8. The van der Waals surface area contributed by atoms with Crippen LogP contribution in [0.25, 0.3) is 22.4 Å². The van der Waals surface area contributed by atoms with Crippen LogP contribution in [0.15, 0.2) is 24.4 Å². The molecule has 0 atom stereocenters. The molecule has 1 aromatic carbocycles. The summed E-state index contributed by atoms with van der Waals surface area (Å²) in [6, 6.07) is 3.39. The van der Waals surface area contributed by atoms with E-state index in [4.69, 9.17) is 4.74 Å². The van der Waals surface area contributed by atoms with Gasteiger partial charge in [0.05, 0.1) is 18.9 Å².